The molecule has 1 aromatic heterocycles. The Kier molecular flexibility index (Phi) is 6.35. The minimum Gasteiger partial charge on any atom is -0.491 e. The number of thiophene rings is 1. The maximum Gasteiger partial charge on any atom is 0.237 e. The minimum atomic E-state index is -0.0704. The van der Waals surface area contributed by atoms with Crippen LogP contribution >= 0.6 is 22.9 Å². The number of ether oxygens (including phenoxy) is 1. The van der Waals surface area contributed by atoms with Crippen LogP contribution in [0.5, 0.6) is 5.75 Å². The van der Waals surface area contributed by atoms with E-state index in [4.69, 9.17) is 16.3 Å². The van der Waals surface area contributed by atoms with Crippen molar-refractivity contribution < 1.29 is 9.53 Å². The molecule has 0 aliphatic carbocycles. The summed E-state index contributed by atoms with van der Waals surface area (Å²) < 4.78 is 6.03. The van der Waals surface area contributed by atoms with Crippen LogP contribution in [0.2, 0.25) is 5.02 Å². The zero-order valence-corrected chi connectivity index (χ0v) is 16.4. The average molecular weight is 391 g/mol. The Bertz CT molecular complexity index is 790. The van der Waals surface area contributed by atoms with Crippen LogP contribution in [0.25, 0.3) is 0 Å². The molecular weight excluding hydrogens is 368 g/mol. The van der Waals surface area contributed by atoms with Gasteiger partial charge in [-0.15, -0.1) is 17.9 Å². The van der Waals surface area contributed by atoms with Crippen LogP contribution in [-0.4, -0.2) is 37.0 Å². The summed E-state index contributed by atoms with van der Waals surface area (Å²) >= 11 is 7.84. The van der Waals surface area contributed by atoms with Gasteiger partial charge in [0, 0.05) is 23.0 Å². The molecule has 2 aromatic rings. The number of rotatable bonds is 7. The quantitative estimate of drug-likeness (QED) is 0.574. The van der Waals surface area contributed by atoms with E-state index in [1.54, 1.807) is 17.4 Å². The van der Waals surface area contributed by atoms with Crippen molar-refractivity contribution in [2.75, 3.05) is 26.2 Å². The lowest BCUT2D eigenvalue weighted by molar-refractivity contribution is -0.133. The molecule has 2 heterocycles. The van der Waals surface area contributed by atoms with Gasteiger partial charge < -0.3 is 15.0 Å². The van der Waals surface area contributed by atoms with Gasteiger partial charge in [-0.1, -0.05) is 17.7 Å². The van der Waals surface area contributed by atoms with E-state index in [0.717, 1.165) is 29.3 Å². The van der Waals surface area contributed by atoms with Gasteiger partial charge in [-0.25, -0.2) is 0 Å². The number of hydrogen-bond donors (Lipinski definition) is 1. The van der Waals surface area contributed by atoms with Crippen LogP contribution < -0.4 is 10.1 Å². The van der Waals surface area contributed by atoms with Crippen molar-refractivity contribution in [1.82, 2.24) is 10.2 Å². The van der Waals surface area contributed by atoms with Crippen LogP contribution in [0.3, 0.4) is 0 Å². The Balaban J connectivity index is 1.74. The van der Waals surface area contributed by atoms with Gasteiger partial charge >= 0.3 is 0 Å². The van der Waals surface area contributed by atoms with E-state index in [0.29, 0.717) is 19.7 Å². The van der Waals surface area contributed by atoms with Gasteiger partial charge in [-0.05, 0) is 54.1 Å². The SMILES string of the molecule is C=CCNCC(=O)N1CCc2sccc2C1COc1ccc(Cl)c(C)c1. The van der Waals surface area contributed by atoms with E-state index < -0.39 is 0 Å². The average Bonchev–Trinajstić information content (AvgIpc) is 3.11. The highest BCUT2D eigenvalue weighted by molar-refractivity contribution is 7.10. The first-order chi connectivity index (χ1) is 12.6. The molecule has 0 saturated carbocycles. The van der Waals surface area contributed by atoms with Crippen LogP contribution in [-0.2, 0) is 11.2 Å². The summed E-state index contributed by atoms with van der Waals surface area (Å²) in [6, 6.07) is 7.67. The Hall–Kier alpha value is -1.82. The molecule has 1 N–H and O–H groups in total. The van der Waals surface area contributed by atoms with Crippen molar-refractivity contribution in [1.29, 1.82) is 0 Å². The fourth-order valence-electron chi connectivity index (χ4n) is 3.14. The third-order valence-corrected chi connectivity index (χ3v) is 5.94. The highest BCUT2D eigenvalue weighted by Gasteiger charge is 2.31. The number of benzene rings is 1. The molecule has 3 rings (SSSR count). The number of aryl methyl sites for hydroxylation is 1. The van der Waals surface area contributed by atoms with E-state index in [-0.39, 0.29) is 11.9 Å². The first kappa shape index (κ1) is 19.0. The molecule has 0 radical (unpaired) electrons. The molecule has 138 valence electrons. The molecule has 1 aliphatic rings. The molecular formula is C20H23ClN2O2S. The lowest BCUT2D eigenvalue weighted by Gasteiger charge is -2.36. The predicted molar refractivity (Wildman–Crippen MR) is 107 cm³/mol. The lowest BCUT2D eigenvalue weighted by Crippen LogP contribution is -2.45. The molecule has 1 amide bonds. The number of carbonyl (C=O) groups excluding carboxylic acids is 1. The van der Waals surface area contributed by atoms with Gasteiger partial charge in [0.2, 0.25) is 5.91 Å². The molecule has 1 atom stereocenters. The normalized spacial score (nSPS) is 16.2. The fraction of sp³-hybridized carbons (Fsp3) is 0.350. The van der Waals surface area contributed by atoms with Crippen LogP contribution in [0.1, 0.15) is 22.0 Å². The number of nitrogens with one attached hydrogen (secondary N) is 1. The number of carbonyl (C=O) groups is 1. The Labute approximate surface area is 163 Å². The second kappa shape index (κ2) is 8.71. The highest BCUT2D eigenvalue weighted by Crippen LogP contribution is 2.34. The molecule has 1 aliphatic heterocycles. The molecule has 26 heavy (non-hydrogen) atoms. The van der Waals surface area contributed by atoms with Crippen LogP contribution in [0.4, 0.5) is 0 Å². The van der Waals surface area contributed by atoms with Crippen molar-refractivity contribution in [2.24, 2.45) is 0 Å². The zero-order chi connectivity index (χ0) is 18.5. The van der Waals surface area contributed by atoms with E-state index in [1.807, 2.05) is 30.0 Å². The first-order valence-corrected chi connectivity index (χ1v) is 9.92. The van der Waals surface area contributed by atoms with Crippen molar-refractivity contribution in [3.05, 3.63) is 63.3 Å². The molecule has 0 bridgehead atoms. The largest absolute Gasteiger partial charge is 0.491 e. The van der Waals surface area contributed by atoms with Gasteiger partial charge in [0.15, 0.2) is 0 Å². The van der Waals surface area contributed by atoms with Gasteiger partial charge in [-0.2, -0.15) is 0 Å². The third-order valence-electron chi connectivity index (χ3n) is 4.52. The Morgan fingerprint density at radius 1 is 1.50 bits per heavy atom. The Morgan fingerprint density at radius 2 is 2.35 bits per heavy atom. The topological polar surface area (TPSA) is 41.6 Å². The summed E-state index contributed by atoms with van der Waals surface area (Å²) in [6.45, 7) is 7.69. The third kappa shape index (κ3) is 4.29. The van der Waals surface area contributed by atoms with Gasteiger partial charge in [-0.3, -0.25) is 4.79 Å². The molecule has 0 fully saturated rings. The molecule has 1 aromatic carbocycles. The molecule has 1 unspecified atom stereocenters. The van der Waals surface area contributed by atoms with Gasteiger partial charge in [0.1, 0.15) is 12.4 Å². The summed E-state index contributed by atoms with van der Waals surface area (Å²) in [7, 11) is 0. The minimum absolute atomic E-state index is 0.0704. The number of nitrogens with zero attached hydrogens (tertiary/aromatic N) is 1. The highest BCUT2D eigenvalue weighted by atomic mass is 35.5. The van der Waals surface area contributed by atoms with E-state index in [2.05, 4.69) is 23.3 Å². The number of amides is 1. The summed E-state index contributed by atoms with van der Waals surface area (Å²) in [5.74, 6) is 0.857. The maximum absolute atomic E-state index is 12.7. The Morgan fingerprint density at radius 3 is 3.12 bits per heavy atom. The van der Waals surface area contributed by atoms with E-state index >= 15 is 0 Å². The van der Waals surface area contributed by atoms with Crippen molar-refractivity contribution in [2.45, 2.75) is 19.4 Å². The van der Waals surface area contributed by atoms with E-state index in [9.17, 15) is 4.79 Å². The van der Waals surface area contributed by atoms with Crippen LogP contribution in [0, 0.1) is 6.92 Å². The molecule has 0 saturated heterocycles. The lowest BCUT2D eigenvalue weighted by atomic mass is 10.0. The van der Waals surface area contributed by atoms with Crippen molar-refractivity contribution >= 4 is 28.8 Å². The number of hydrogen-bond acceptors (Lipinski definition) is 4. The van der Waals surface area contributed by atoms with Gasteiger partial charge in [0.25, 0.3) is 0 Å². The standard InChI is InChI=1S/C20H23ClN2O2S/c1-3-8-22-12-20(24)23-9-6-19-16(7-10-26-19)18(23)13-25-15-4-5-17(21)14(2)11-15/h3-5,7,10-11,18,22H,1,6,8-9,12-13H2,2H3. The molecule has 0 spiro atoms. The summed E-state index contributed by atoms with van der Waals surface area (Å²) in [6.07, 6.45) is 2.65. The van der Waals surface area contributed by atoms with Crippen molar-refractivity contribution in [3.63, 3.8) is 0 Å². The summed E-state index contributed by atoms with van der Waals surface area (Å²) in [5, 5.41) is 5.91. The van der Waals surface area contributed by atoms with Gasteiger partial charge in [0.05, 0.1) is 12.6 Å². The molecule has 4 nitrogen and oxygen atoms in total. The predicted octanol–water partition coefficient (Wildman–Crippen LogP) is 3.99. The first-order valence-electron chi connectivity index (χ1n) is 8.66. The van der Waals surface area contributed by atoms with E-state index in [1.165, 1.54) is 10.4 Å². The summed E-state index contributed by atoms with van der Waals surface area (Å²) in [5.41, 5.74) is 2.18. The monoisotopic (exact) mass is 390 g/mol. The fourth-order valence-corrected chi connectivity index (χ4v) is 4.19. The summed E-state index contributed by atoms with van der Waals surface area (Å²) in [4.78, 5) is 16.0. The zero-order valence-electron chi connectivity index (χ0n) is 14.8. The number of fused-ring (bicyclic) bond motifs is 1. The maximum atomic E-state index is 12.7. The molecule has 6 heteroatoms. The second-order valence-corrected chi connectivity index (χ2v) is 7.70. The smallest absolute Gasteiger partial charge is 0.237 e. The van der Waals surface area contributed by atoms with Crippen LogP contribution in [0.15, 0.2) is 42.3 Å². The van der Waals surface area contributed by atoms with Crippen molar-refractivity contribution in [3.8, 4) is 5.75 Å². The second-order valence-electron chi connectivity index (χ2n) is 6.29. The number of halogens is 1.